The number of benzene rings is 2. The first-order valence-electron chi connectivity index (χ1n) is 7.65. The van der Waals surface area contributed by atoms with E-state index in [9.17, 15) is 4.79 Å². The largest absolute Gasteiger partial charge is 0.457 e. The Kier molecular flexibility index (Phi) is 4.86. The second kappa shape index (κ2) is 7.41. The molecular weight excluding hydrogens is 306 g/mol. The Morgan fingerprint density at radius 1 is 1.08 bits per heavy atom. The van der Waals surface area contributed by atoms with E-state index in [-0.39, 0.29) is 5.91 Å². The molecule has 0 aliphatic heterocycles. The highest BCUT2D eigenvalue weighted by atomic mass is 16.5. The predicted molar refractivity (Wildman–Crippen MR) is 88.4 cm³/mol. The molecule has 1 amide bonds. The van der Waals surface area contributed by atoms with Crippen LogP contribution in [0.3, 0.4) is 0 Å². The summed E-state index contributed by atoms with van der Waals surface area (Å²) in [5, 5.41) is 3.97. The summed E-state index contributed by atoms with van der Waals surface area (Å²) in [6, 6.07) is 17.0. The summed E-state index contributed by atoms with van der Waals surface area (Å²) in [5.41, 5.74) is 5.91. The van der Waals surface area contributed by atoms with Crippen molar-refractivity contribution >= 4 is 5.91 Å². The number of aryl methyl sites for hydroxylation is 1. The van der Waals surface area contributed by atoms with Gasteiger partial charge < -0.3 is 15.0 Å². The molecule has 6 nitrogen and oxygen atoms in total. The van der Waals surface area contributed by atoms with E-state index in [0.29, 0.717) is 36.7 Å². The normalized spacial score (nSPS) is 10.5. The van der Waals surface area contributed by atoms with E-state index < -0.39 is 0 Å². The van der Waals surface area contributed by atoms with Gasteiger partial charge in [-0.05, 0) is 30.7 Å². The molecule has 3 rings (SSSR count). The van der Waals surface area contributed by atoms with Gasteiger partial charge >= 0.3 is 0 Å². The number of carbonyl (C=O) groups excluding carboxylic acids is 1. The molecule has 0 unspecified atom stereocenters. The highest BCUT2D eigenvalue weighted by Gasteiger charge is 2.10. The molecule has 24 heavy (non-hydrogen) atoms. The number of amides is 1. The summed E-state index contributed by atoms with van der Waals surface area (Å²) in [6.07, 6.45) is 1.42. The van der Waals surface area contributed by atoms with Crippen molar-refractivity contribution in [3.8, 4) is 22.9 Å². The first-order chi connectivity index (χ1) is 11.7. The summed E-state index contributed by atoms with van der Waals surface area (Å²) in [6.45, 7) is 0. The summed E-state index contributed by atoms with van der Waals surface area (Å²) in [4.78, 5) is 15.1. The number of ether oxygens (including phenoxy) is 1. The van der Waals surface area contributed by atoms with E-state index in [2.05, 4.69) is 10.1 Å². The fourth-order valence-electron chi connectivity index (χ4n) is 2.21. The summed E-state index contributed by atoms with van der Waals surface area (Å²) >= 11 is 0. The Bertz CT molecular complexity index is 815. The molecule has 0 spiro atoms. The predicted octanol–water partition coefficient (Wildman–Crippen LogP) is 3.34. The lowest BCUT2D eigenvalue weighted by Gasteiger charge is -2.05. The number of rotatable bonds is 7. The zero-order valence-corrected chi connectivity index (χ0v) is 13.0. The number of nitrogens with zero attached hydrogens (tertiary/aromatic N) is 2. The molecular formula is C18H17N3O3. The molecule has 0 aliphatic carbocycles. The van der Waals surface area contributed by atoms with E-state index >= 15 is 0 Å². The third-order valence-corrected chi connectivity index (χ3v) is 3.35. The van der Waals surface area contributed by atoms with E-state index in [0.717, 1.165) is 11.3 Å². The van der Waals surface area contributed by atoms with Crippen molar-refractivity contribution in [2.75, 3.05) is 0 Å². The van der Waals surface area contributed by atoms with Crippen molar-refractivity contribution in [2.24, 2.45) is 5.73 Å². The van der Waals surface area contributed by atoms with Crippen LogP contribution in [0.4, 0.5) is 0 Å². The van der Waals surface area contributed by atoms with Crippen LogP contribution in [0, 0.1) is 0 Å². The standard InChI is InChI=1S/C18H17N3O3/c19-16(22)10-5-11-17-20-18(21-24-17)13-6-4-9-15(12-13)23-14-7-2-1-3-8-14/h1-4,6-9,12H,5,10-11H2,(H2,19,22). The number of nitrogens with two attached hydrogens (primary N) is 1. The van der Waals surface area contributed by atoms with Crippen LogP contribution in [-0.2, 0) is 11.2 Å². The van der Waals surface area contributed by atoms with Crippen LogP contribution in [0.5, 0.6) is 11.5 Å². The lowest BCUT2D eigenvalue weighted by molar-refractivity contribution is -0.118. The maximum absolute atomic E-state index is 10.7. The summed E-state index contributed by atoms with van der Waals surface area (Å²) in [7, 11) is 0. The van der Waals surface area contributed by atoms with Crippen molar-refractivity contribution in [2.45, 2.75) is 19.3 Å². The van der Waals surface area contributed by atoms with Gasteiger partial charge in [0.1, 0.15) is 11.5 Å². The van der Waals surface area contributed by atoms with Gasteiger partial charge in [0, 0.05) is 18.4 Å². The maximum Gasteiger partial charge on any atom is 0.226 e. The van der Waals surface area contributed by atoms with Gasteiger partial charge in [0.15, 0.2) is 0 Å². The third-order valence-electron chi connectivity index (χ3n) is 3.35. The van der Waals surface area contributed by atoms with Gasteiger partial charge in [0.05, 0.1) is 0 Å². The van der Waals surface area contributed by atoms with Crippen molar-refractivity contribution in [3.63, 3.8) is 0 Å². The number of carbonyl (C=O) groups is 1. The highest BCUT2D eigenvalue weighted by Crippen LogP contribution is 2.26. The molecule has 0 atom stereocenters. The van der Waals surface area contributed by atoms with Crippen molar-refractivity contribution in [1.29, 1.82) is 0 Å². The average molecular weight is 323 g/mol. The minimum absolute atomic E-state index is 0.304. The smallest absolute Gasteiger partial charge is 0.226 e. The van der Waals surface area contributed by atoms with Crippen LogP contribution < -0.4 is 10.5 Å². The molecule has 3 aromatic rings. The van der Waals surface area contributed by atoms with Gasteiger partial charge in [0.25, 0.3) is 0 Å². The lowest BCUT2D eigenvalue weighted by Crippen LogP contribution is -2.10. The molecule has 0 radical (unpaired) electrons. The zero-order valence-electron chi connectivity index (χ0n) is 13.0. The molecule has 2 aromatic carbocycles. The summed E-state index contributed by atoms with van der Waals surface area (Å²) < 4.78 is 11.0. The average Bonchev–Trinajstić information content (AvgIpc) is 3.05. The monoisotopic (exact) mass is 323 g/mol. The Morgan fingerprint density at radius 3 is 2.67 bits per heavy atom. The van der Waals surface area contributed by atoms with Gasteiger partial charge in [0.2, 0.25) is 17.6 Å². The van der Waals surface area contributed by atoms with Gasteiger partial charge in [-0.15, -0.1) is 0 Å². The van der Waals surface area contributed by atoms with E-state index in [1.54, 1.807) is 0 Å². The van der Waals surface area contributed by atoms with Crippen molar-refractivity contribution in [1.82, 2.24) is 10.1 Å². The molecule has 0 aliphatic rings. The second-order valence-corrected chi connectivity index (χ2v) is 5.27. The van der Waals surface area contributed by atoms with E-state index in [1.165, 1.54) is 0 Å². The van der Waals surface area contributed by atoms with Gasteiger partial charge in [-0.25, -0.2) is 0 Å². The molecule has 122 valence electrons. The Labute approximate surface area is 139 Å². The highest BCUT2D eigenvalue weighted by molar-refractivity contribution is 5.73. The fraction of sp³-hybridized carbons (Fsp3) is 0.167. The van der Waals surface area contributed by atoms with Crippen LogP contribution in [0.1, 0.15) is 18.7 Å². The molecule has 0 saturated heterocycles. The van der Waals surface area contributed by atoms with Gasteiger partial charge in [-0.1, -0.05) is 35.5 Å². The number of primary amides is 1. The number of hydrogen-bond acceptors (Lipinski definition) is 5. The summed E-state index contributed by atoms with van der Waals surface area (Å²) in [5.74, 6) is 2.09. The Morgan fingerprint density at radius 2 is 1.88 bits per heavy atom. The first-order valence-corrected chi connectivity index (χ1v) is 7.65. The van der Waals surface area contributed by atoms with Crippen LogP contribution in [0.25, 0.3) is 11.4 Å². The minimum Gasteiger partial charge on any atom is -0.457 e. The lowest BCUT2D eigenvalue weighted by atomic mass is 10.2. The molecule has 1 aromatic heterocycles. The minimum atomic E-state index is -0.333. The maximum atomic E-state index is 10.7. The topological polar surface area (TPSA) is 91.2 Å². The Balaban J connectivity index is 1.70. The number of hydrogen-bond donors (Lipinski definition) is 1. The molecule has 1 heterocycles. The van der Waals surface area contributed by atoms with Crippen LogP contribution >= 0.6 is 0 Å². The van der Waals surface area contributed by atoms with Crippen LogP contribution in [0.2, 0.25) is 0 Å². The fourth-order valence-corrected chi connectivity index (χ4v) is 2.21. The zero-order chi connectivity index (χ0) is 16.8. The van der Waals surface area contributed by atoms with Gasteiger partial charge in [-0.2, -0.15) is 4.98 Å². The molecule has 0 fully saturated rings. The number of para-hydroxylation sites is 1. The quantitative estimate of drug-likeness (QED) is 0.720. The van der Waals surface area contributed by atoms with E-state index in [4.69, 9.17) is 15.0 Å². The van der Waals surface area contributed by atoms with Crippen molar-refractivity contribution in [3.05, 3.63) is 60.5 Å². The third kappa shape index (κ3) is 4.19. The molecule has 0 bridgehead atoms. The molecule has 0 saturated carbocycles. The van der Waals surface area contributed by atoms with Crippen LogP contribution in [-0.4, -0.2) is 16.0 Å². The molecule has 2 N–H and O–H groups in total. The van der Waals surface area contributed by atoms with Gasteiger partial charge in [-0.3, -0.25) is 4.79 Å². The van der Waals surface area contributed by atoms with Crippen molar-refractivity contribution < 1.29 is 14.1 Å². The van der Waals surface area contributed by atoms with Crippen LogP contribution in [0.15, 0.2) is 59.1 Å². The molecule has 6 heteroatoms. The first kappa shape index (κ1) is 15.7. The van der Waals surface area contributed by atoms with E-state index in [1.807, 2.05) is 54.6 Å². The number of aromatic nitrogens is 2. The second-order valence-electron chi connectivity index (χ2n) is 5.27. The SMILES string of the molecule is NC(=O)CCCc1nc(-c2cccc(Oc3ccccc3)c2)no1. The Hall–Kier alpha value is -3.15.